The second-order valence-electron chi connectivity index (χ2n) is 5.44. The molecule has 0 spiro atoms. The van der Waals surface area contributed by atoms with Crippen LogP contribution in [-0.2, 0) is 9.47 Å². The van der Waals surface area contributed by atoms with Crippen LogP contribution in [0.2, 0.25) is 0 Å². The molecule has 1 rings (SSSR count). The van der Waals surface area contributed by atoms with Crippen LogP contribution in [0.25, 0.3) is 0 Å². The normalized spacial score (nSPS) is 23.4. The Morgan fingerprint density at radius 1 is 0.842 bits per heavy atom. The molecule has 0 aromatic rings. The minimum atomic E-state index is 0.298. The average Bonchev–Trinajstić information content (AvgIpc) is 2.52. The van der Waals surface area contributed by atoms with E-state index in [0.717, 1.165) is 52.4 Å². The molecule has 19 heavy (non-hydrogen) atoms. The summed E-state index contributed by atoms with van der Waals surface area (Å²) in [7, 11) is 3.57. The molecular weight excluding hydrogens is 242 g/mol. The molecule has 1 saturated heterocycles. The number of nitrogens with zero attached hydrogens (tertiary/aromatic N) is 2. The van der Waals surface area contributed by atoms with Gasteiger partial charge in [-0.3, -0.25) is 9.80 Å². The molecule has 1 aliphatic heterocycles. The van der Waals surface area contributed by atoms with Crippen LogP contribution < -0.4 is 5.32 Å². The molecule has 0 aromatic heterocycles. The maximum absolute atomic E-state index is 5.37. The van der Waals surface area contributed by atoms with E-state index in [1.807, 2.05) is 0 Å². The fourth-order valence-corrected chi connectivity index (χ4v) is 2.35. The van der Waals surface area contributed by atoms with E-state index in [-0.39, 0.29) is 0 Å². The van der Waals surface area contributed by atoms with E-state index < -0.39 is 0 Å². The summed E-state index contributed by atoms with van der Waals surface area (Å²) in [5.41, 5.74) is 0. The molecule has 5 nitrogen and oxygen atoms in total. The molecule has 1 aliphatic rings. The van der Waals surface area contributed by atoms with Crippen molar-refractivity contribution in [2.75, 3.05) is 66.6 Å². The number of rotatable bonds is 6. The molecule has 114 valence electrons. The Labute approximate surface area is 118 Å². The van der Waals surface area contributed by atoms with Crippen molar-refractivity contribution < 1.29 is 9.47 Å². The Kier molecular flexibility index (Phi) is 8.57. The summed E-state index contributed by atoms with van der Waals surface area (Å²) in [5.74, 6) is 0. The van der Waals surface area contributed by atoms with Gasteiger partial charge in [-0.15, -0.1) is 0 Å². The third kappa shape index (κ3) is 7.22. The molecule has 0 aromatic carbocycles. The van der Waals surface area contributed by atoms with Gasteiger partial charge in [0.15, 0.2) is 0 Å². The third-order valence-corrected chi connectivity index (χ3v) is 3.78. The van der Waals surface area contributed by atoms with Crippen molar-refractivity contribution in [2.24, 2.45) is 0 Å². The van der Waals surface area contributed by atoms with E-state index in [4.69, 9.17) is 9.47 Å². The predicted molar refractivity (Wildman–Crippen MR) is 78.7 cm³/mol. The van der Waals surface area contributed by atoms with Crippen molar-refractivity contribution in [1.82, 2.24) is 15.1 Å². The molecule has 1 fully saturated rings. The maximum Gasteiger partial charge on any atom is 0.0670 e. The Hall–Kier alpha value is -0.200. The van der Waals surface area contributed by atoms with Gasteiger partial charge in [0, 0.05) is 66.6 Å². The van der Waals surface area contributed by atoms with Crippen LogP contribution >= 0.6 is 0 Å². The predicted octanol–water partition coefficient (Wildman–Crippen LogP) is 0.263. The second kappa shape index (κ2) is 9.66. The van der Waals surface area contributed by atoms with E-state index in [1.54, 1.807) is 14.2 Å². The molecule has 0 bridgehead atoms. The quantitative estimate of drug-likeness (QED) is 0.751. The Morgan fingerprint density at radius 3 is 1.63 bits per heavy atom. The highest BCUT2D eigenvalue weighted by molar-refractivity contribution is 4.72. The molecule has 1 heterocycles. The molecule has 5 heteroatoms. The summed E-state index contributed by atoms with van der Waals surface area (Å²) in [6, 6.07) is 0. The van der Waals surface area contributed by atoms with Crippen LogP contribution in [0.1, 0.15) is 13.8 Å². The van der Waals surface area contributed by atoms with Gasteiger partial charge in [0.2, 0.25) is 0 Å². The van der Waals surface area contributed by atoms with Crippen LogP contribution in [-0.4, -0.2) is 88.6 Å². The molecule has 0 radical (unpaired) electrons. The Morgan fingerprint density at radius 2 is 1.26 bits per heavy atom. The number of ether oxygens (including phenoxy) is 2. The SMILES string of the molecule is CO[C@@H](C)CN1CCNCCN(C[C@H](C)OC)CC1. The fraction of sp³-hybridized carbons (Fsp3) is 1.00. The minimum absolute atomic E-state index is 0.298. The van der Waals surface area contributed by atoms with Gasteiger partial charge >= 0.3 is 0 Å². The first kappa shape index (κ1) is 16.9. The van der Waals surface area contributed by atoms with Gasteiger partial charge in [0.1, 0.15) is 0 Å². The maximum atomic E-state index is 5.37. The van der Waals surface area contributed by atoms with Crippen molar-refractivity contribution in [3.63, 3.8) is 0 Å². The van der Waals surface area contributed by atoms with E-state index >= 15 is 0 Å². The molecule has 0 unspecified atom stereocenters. The average molecular weight is 273 g/mol. The van der Waals surface area contributed by atoms with Crippen molar-refractivity contribution in [3.05, 3.63) is 0 Å². The first-order valence-electron chi connectivity index (χ1n) is 7.36. The lowest BCUT2D eigenvalue weighted by atomic mass is 10.3. The Balaban J connectivity index is 2.42. The molecular formula is C14H31N3O2. The van der Waals surface area contributed by atoms with Gasteiger partial charge in [-0.1, -0.05) is 0 Å². The smallest absolute Gasteiger partial charge is 0.0670 e. The summed E-state index contributed by atoms with van der Waals surface area (Å²) in [4.78, 5) is 4.97. The van der Waals surface area contributed by atoms with Gasteiger partial charge < -0.3 is 14.8 Å². The summed E-state index contributed by atoms with van der Waals surface area (Å²) < 4.78 is 10.7. The van der Waals surface area contributed by atoms with Crippen LogP contribution in [0, 0.1) is 0 Å². The molecule has 2 atom stereocenters. The molecule has 0 amide bonds. The molecule has 1 N–H and O–H groups in total. The van der Waals surface area contributed by atoms with Gasteiger partial charge in [0.25, 0.3) is 0 Å². The summed E-state index contributed by atoms with van der Waals surface area (Å²) in [6.07, 6.45) is 0.596. The lowest BCUT2D eigenvalue weighted by Crippen LogP contribution is -2.41. The van der Waals surface area contributed by atoms with E-state index in [2.05, 4.69) is 29.0 Å². The van der Waals surface area contributed by atoms with Crippen molar-refractivity contribution in [3.8, 4) is 0 Å². The number of methoxy groups -OCH3 is 2. The monoisotopic (exact) mass is 273 g/mol. The summed E-state index contributed by atoms with van der Waals surface area (Å²) in [6.45, 7) is 12.8. The number of hydrogen-bond donors (Lipinski definition) is 1. The van der Waals surface area contributed by atoms with E-state index in [0.29, 0.717) is 12.2 Å². The van der Waals surface area contributed by atoms with Gasteiger partial charge in [-0.05, 0) is 13.8 Å². The minimum Gasteiger partial charge on any atom is -0.380 e. The zero-order chi connectivity index (χ0) is 14.1. The lowest BCUT2D eigenvalue weighted by Gasteiger charge is -2.28. The highest BCUT2D eigenvalue weighted by Crippen LogP contribution is 2.01. The molecule has 0 saturated carbocycles. The van der Waals surface area contributed by atoms with Crippen molar-refractivity contribution in [2.45, 2.75) is 26.1 Å². The van der Waals surface area contributed by atoms with Gasteiger partial charge in [-0.25, -0.2) is 0 Å². The topological polar surface area (TPSA) is 37.0 Å². The zero-order valence-electron chi connectivity index (χ0n) is 13.0. The number of nitrogens with one attached hydrogen (secondary N) is 1. The lowest BCUT2D eigenvalue weighted by molar-refractivity contribution is 0.0615. The molecule has 0 aliphatic carbocycles. The van der Waals surface area contributed by atoms with E-state index in [1.165, 1.54) is 0 Å². The van der Waals surface area contributed by atoms with Crippen molar-refractivity contribution >= 4 is 0 Å². The highest BCUT2D eigenvalue weighted by Gasteiger charge is 2.15. The first-order valence-corrected chi connectivity index (χ1v) is 7.36. The zero-order valence-corrected chi connectivity index (χ0v) is 13.0. The number of hydrogen-bond acceptors (Lipinski definition) is 5. The largest absolute Gasteiger partial charge is 0.380 e. The van der Waals surface area contributed by atoms with Crippen LogP contribution in [0.15, 0.2) is 0 Å². The van der Waals surface area contributed by atoms with Crippen LogP contribution in [0.5, 0.6) is 0 Å². The summed E-state index contributed by atoms with van der Waals surface area (Å²) in [5, 5.41) is 3.50. The standard InChI is InChI=1S/C14H31N3O2/c1-13(18-3)11-16-7-5-15-6-8-17(10-9-16)12-14(2)19-4/h13-15H,5-12H2,1-4H3/t13-,14-/m0/s1. The van der Waals surface area contributed by atoms with Gasteiger partial charge in [0.05, 0.1) is 12.2 Å². The van der Waals surface area contributed by atoms with E-state index in [9.17, 15) is 0 Å². The summed E-state index contributed by atoms with van der Waals surface area (Å²) >= 11 is 0. The van der Waals surface area contributed by atoms with Crippen LogP contribution in [0.3, 0.4) is 0 Å². The van der Waals surface area contributed by atoms with Crippen molar-refractivity contribution in [1.29, 1.82) is 0 Å². The van der Waals surface area contributed by atoms with Crippen LogP contribution in [0.4, 0.5) is 0 Å². The third-order valence-electron chi connectivity index (χ3n) is 3.78. The second-order valence-corrected chi connectivity index (χ2v) is 5.44. The first-order chi connectivity index (χ1) is 9.15. The fourth-order valence-electron chi connectivity index (χ4n) is 2.35. The van der Waals surface area contributed by atoms with Gasteiger partial charge in [-0.2, -0.15) is 0 Å². The Bertz CT molecular complexity index is 207. The highest BCUT2D eigenvalue weighted by atomic mass is 16.5.